The van der Waals surface area contributed by atoms with Crippen molar-refractivity contribution in [1.82, 2.24) is 4.72 Å². The Bertz CT molecular complexity index is 645. The summed E-state index contributed by atoms with van der Waals surface area (Å²) in [5.41, 5.74) is 0. The van der Waals surface area contributed by atoms with E-state index in [1.165, 1.54) is 18.2 Å². The summed E-state index contributed by atoms with van der Waals surface area (Å²) in [6.07, 6.45) is 0. The molecular formula is C8H10BrClN2O4S2. The molecule has 0 fully saturated rings. The number of nitrogens with two attached hydrogens (primary N) is 1. The van der Waals surface area contributed by atoms with Crippen LogP contribution in [0.1, 0.15) is 0 Å². The molecule has 10 heteroatoms. The zero-order valence-corrected chi connectivity index (χ0v) is 12.9. The normalized spacial score (nSPS) is 12.6. The van der Waals surface area contributed by atoms with Crippen LogP contribution in [0.5, 0.6) is 0 Å². The monoisotopic (exact) mass is 376 g/mol. The van der Waals surface area contributed by atoms with Crippen LogP contribution < -0.4 is 9.86 Å². The molecule has 1 rings (SSSR count). The van der Waals surface area contributed by atoms with E-state index in [0.717, 1.165) is 0 Å². The van der Waals surface area contributed by atoms with Crippen LogP contribution in [0.3, 0.4) is 0 Å². The first-order valence-electron chi connectivity index (χ1n) is 4.57. The first-order valence-corrected chi connectivity index (χ1v) is 8.94. The van der Waals surface area contributed by atoms with E-state index in [0.29, 0.717) is 9.50 Å². The van der Waals surface area contributed by atoms with Crippen molar-refractivity contribution in [2.75, 3.05) is 12.3 Å². The maximum atomic E-state index is 11.8. The lowest BCUT2D eigenvalue weighted by Crippen LogP contribution is -2.31. The summed E-state index contributed by atoms with van der Waals surface area (Å²) in [5.74, 6) is -0.471. The average Bonchev–Trinajstić information content (AvgIpc) is 2.19. The summed E-state index contributed by atoms with van der Waals surface area (Å²) in [4.78, 5) is -0.0202. The van der Waals surface area contributed by atoms with E-state index in [2.05, 4.69) is 20.7 Å². The van der Waals surface area contributed by atoms with Crippen LogP contribution in [0.2, 0.25) is 5.02 Å². The van der Waals surface area contributed by atoms with Gasteiger partial charge in [0.05, 0.1) is 15.7 Å². The molecule has 0 bridgehead atoms. The Balaban J connectivity index is 2.84. The van der Waals surface area contributed by atoms with Gasteiger partial charge >= 0.3 is 0 Å². The Morgan fingerprint density at radius 1 is 1.28 bits per heavy atom. The molecule has 0 radical (unpaired) electrons. The Morgan fingerprint density at radius 2 is 1.89 bits per heavy atom. The molecule has 0 atom stereocenters. The smallest absolute Gasteiger partial charge is 0.229 e. The Labute approximate surface area is 119 Å². The number of hydrogen-bond donors (Lipinski definition) is 2. The molecule has 1 aromatic carbocycles. The van der Waals surface area contributed by atoms with Crippen LogP contribution in [0.25, 0.3) is 0 Å². The molecule has 0 saturated carbocycles. The lowest BCUT2D eigenvalue weighted by atomic mass is 10.4. The predicted molar refractivity (Wildman–Crippen MR) is 72.3 cm³/mol. The van der Waals surface area contributed by atoms with Gasteiger partial charge in [0.1, 0.15) is 0 Å². The van der Waals surface area contributed by atoms with E-state index in [4.69, 9.17) is 16.7 Å². The van der Waals surface area contributed by atoms with Crippen molar-refractivity contribution < 1.29 is 16.8 Å². The van der Waals surface area contributed by atoms with E-state index >= 15 is 0 Å². The van der Waals surface area contributed by atoms with Crippen molar-refractivity contribution in [2.45, 2.75) is 4.90 Å². The molecule has 0 aromatic heterocycles. The molecule has 0 spiro atoms. The van der Waals surface area contributed by atoms with Crippen LogP contribution in [-0.4, -0.2) is 29.1 Å². The van der Waals surface area contributed by atoms with Crippen LogP contribution in [0.15, 0.2) is 27.6 Å². The molecule has 0 saturated heterocycles. The largest absolute Gasteiger partial charge is 0.240 e. The zero-order chi connectivity index (χ0) is 14.0. The van der Waals surface area contributed by atoms with Gasteiger partial charge in [0, 0.05) is 11.0 Å². The number of halogens is 2. The summed E-state index contributed by atoms with van der Waals surface area (Å²) in [6, 6.07) is 4.05. The lowest BCUT2D eigenvalue weighted by molar-refractivity contribution is 0.581. The minimum absolute atomic E-state index is 0.0202. The van der Waals surface area contributed by atoms with E-state index in [-0.39, 0.29) is 11.4 Å². The van der Waals surface area contributed by atoms with Gasteiger partial charge in [0.2, 0.25) is 20.0 Å². The van der Waals surface area contributed by atoms with Crippen LogP contribution in [-0.2, 0) is 20.0 Å². The van der Waals surface area contributed by atoms with Gasteiger partial charge in [-0.15, -0.1) is 0 Å². The van der Waals surface area contributed by atoms with Crippen molar-refractivity contribution in [3.63, 3.8) is 0 Å². The van der Waals surface area contributed by atoms with E-state index in [1.807, 2.05) is 0 Å². The fourth-order valence-electron chi connectivity index (χ4n) is 1.05. The van der Waals surface area contributed by atoms with E-state index in [1.54, 1.807) is 0 Å². The minimum Gasteiger partial charge on any atom is -0.229 e. The highest BCUT2D eigenvalue weighted by Crippen LogP contribution is 2.25. The predicted octanol–water partition coefficient (Wildman–Crippen LogP) is 0.669. The third kappa shape index (κ3) is 4.82. The van der Waals surface area contributed by atoms with Gasteiger partial charge in [-0.2, -0.15) is 0 Å². The molecule has 18 heavy (non-hydrogen) atoms. The first kappa shape index (κ1) is 15.9. The molecule has 0 amide bonds. The van der Waals surface area contributed by atoms with Crippen molar-refractivity contribution in [1.29, 1.82) is 0 Å². The van der Waals surface area contributed by atoms with Gasteiger partial charge in [0.25, 0.3) is 0 Å². The molecule has 0 heterocycles. The summed E-state index contributed by atoms with van der Waals surface area (Å²) in [7, 11) is -7.48. The third-order valence-corrected chi connectivity index (χ3v) is 5.33. The van der Waals surface area contributed by atoms with Gasteiger partial charge in [-0.1, -0.05) is 11.6 Å². The zero-order valence-electron chi connectivity index (χ0n) is 8.93. The second kappa shape index (κ2) is 5.85. The van der Waals surface area contributed by atoms with E-state index in [9.17, 15) is 16.8 Å². The van der Waals surface area contributed by atoms with Gasteiger partial charge in [-0.3, -0.25) is 0 Å². The summed E-state index contributed by atoms with van der Waals surface area (Å²) in [6.45, 7) is -0.290. The molecule has 6 nitrogen and oxygen atoms in total. The SMILES string of the molecule is NS(=O)(=O)CCNS(=O)(=O)c1ccc(Cl)c(Br)c1. The van der Waals surface area contributed by atoms with Crippen molar-refractivity contribution in [3.05, 3.63) is 27.7 Å². The quantitative estimate of drug-likeness (QED) is 0.786. The standard InChI is InChI=1S/C8H10BrClN2O4S2/c9-7-5-6(1-2-8(7)10)18(15,16)12-3-4-17(11,13)14/h1-2,5,12H,3-4H2,(H2,11,13,14). The molecule has 3 N–H and O–H groups in total. The molecule has 0 aliphatic heterocycles. The number of hydrogen-bond acceptors (Lipinski definition) is 4. The Hall–Kier alpha value is -0.190. The topological polar surface area (TPSA) is 106 Å². The van der Waals surface area contributed by atoms with Crippen molar-refractivity contribution >= 4 is 47.6 Å². The van der Waals surface area contributed by atoms with Crippen LogP contribution in [0, 0.1) is 0 Å². The van der Waals surface area contributed by atoms with Gasteiger partial charge in [-0.25, -0.2) is 26.7 Å². The minimum atomic E-state index is -3.78. The highest BCUT2D eigenvalue weighted by Gasteiger charge is 2.15. The fraction of sp³-hybridized carbons (Fsp3) is 0.250. The second-order valence-corrected chi connectivity index (χ2v) is 8.10. The number of primary sulfonamides is 1. The molecule has 0 unspecified atom stereocenters. The number of rotatable bonds is 5. The number of nitrogens with one attached hydrogen (secondary N) is 1. The maximum Gasteiger partial charge on any atom is 0.240 e. The number of benzene rings is 1. The van der Waals surface area contributed by atoms with Gasteiger partial charge < -0.3 is 0 Å². The van der Waals surface area contributed by atoms with Crippen LogP contribution >= 0.6 is 27.5 Å². The third-order valence-electron chi connectivity index (χ3n) is 1.88. The molecule has 0 aliphatic carbocycles. The summed E-state index contributed by atoms with van der Waals surface area (Å²) >= 11 is 8.84. The van der Waals surface area contributed by atoms with Crippen molar-refractivity contribution in [3.8, 4) is 0 Å². The highest BCUT2D eigenvalue weighted by atomic mass is 79.9. The Morgan fingerprint density at radius 3 is 2.39 bits per heavy atom. The Kier molecular flexibility index (Phi) is 5.15. The molecular weight excluding hydrogens is 368 g/mol. The molecule has 1 aromatic rings. The molecule has 0 aliphatic rings. The van der Waals surface area contributed by atoms with Gasteiger partial charge in [0.15, 0.2) is 0 Å². The summed E-state index contributed by atoms with van der Waals surface area (Å²) in [5, 5.41) is 5.13. The average molecular weight is 378 g/mol. The van der Waals surface area contributed by atoms with Crippen LogP contribution in [0.4, 0.5) is 0 Å². The van der Waals surface area contributed by atoms with Gasteiger partial charge in [-0.05, 0) is 34.1 Å². The fourth-order valence-corrected chi connectivity index (χ4v) is 3.27. The van der Waals surface area contributed by atoms with E-state index < -0.39 is 25.8 Å². The molecule has 102 valence electrons. The summed E-state index contributed by atoms with van der Waals surface area (Å²) < 4.78 is 47.4. The lowest BCUT2D eigenvalue weighted by Gasteiger charge is -2.07. The van der Waals surface area contributed by atoms with Crippen molar-refractivity contribution in [2.24, 2.45) is 5.14 Å². The number of sulfonamides is 2. The second-order valence-electron chi connectivity index (χ2n) is 3.34. The maximum absolute atomic E-state index is 11.8. The first-order chi connectivity index (χ1) is 8.12. The highest BCUT2D eigenvalue weighted by molar-refractivity contribution is 9.10.